The average molecular weight is 239 g/mol. The van der Waals surface area contributed by atoms with Crippen LogP contribution < -0.4 is 5.32 Å². The average Bonchev–Trinajstić information content (AvgIpc) is 3.02. The first kappa shape index (κ1) is 12.0. The summed E-state index contributed by atoms with van der Waals surface area (Å²) < 4.78 is 0. The molecule has 1 aliphatic carbocycles. The molecule has 2 rings (SSSR count). The van der Waals surface area contributed by atoms with E-state index in [-0.39, 0.29) is 5.91 Å². The van der Waals surface area contributed by atoms with Gasteiger partial charge >= 0.3 is 6.03 Å². The number of imide groups is 2. The molecule has 17 heavy (non-hydrogen) atoms. The smallest absolute Gasteiger partial charge is 0.309 e. The summed E-state index contributed by atoms with van der Waals surface area (Å²) in [6, 6.07) is -0.573. The normalized spacial score (nSPS) is 22.3. The minimum atomic E-state index is -0.911. The Balaban J connectivity index is 1.99. The van der Waals surface area contributed by atoms with Crippen LogP contribution in [0.4, 0.5) is 4.79 Å². The fraction of sp³-hybridized carbons (Fsp3) is 0.727. The van der Waals surface area contributed by atoms with Crippen LogP contribution in [0.15, 0.2) is 0 Å². The number of rotatable bonds is 4. The maximum absolute atomic E-state index is 12.0. The Labute approximate surface area is 99.9 Å². The van der Waals surface area contributed by atoms with Crippen LogP contribution in [0.1, 0.15) is 19.3 Å². The molecule has 1 N–H and O–H groups in total. The van der Waals surface area contributed by atoms with E-state index in [4.69, 9.17) is 0 Å². The van der Waals surface area contributed by atoms with Crippen LogP contribution in [0, 0.1) is 5.41 Å². The van der Waals surface area contributed by atoms with Crippen molar-refractivity contribution in [3.63, 3.8) is 0 Å². The summed E-state index contributed by atoms with van der Waals surface area (Å²) >= 11 is 0. The van der Waals surface area contributed by atoms with Gasteiger partial charge in [0, 0.05) is 6.54 Å². The highest BCUT2D eigenvalue weighted by molar-refractivity contribution is 6.20. The molecule has 0 atom stereocenters. The molecular formula is C11H17N3O3. The molecule has 0 unspecified atom stereocenters. The first-order valence-corrected chi connectivity index (χ1v) is 5.79. The summed E-state index contributed by atoms with van der Waals surface area (Å²) in [6.45, 7) is 1.18. The van der Waals surface area contributed by atoms with Crippen molar-refractivity contribution >= 4 is 17.8 Å². The minimum Gasteiger partial charge on any atom is -0.309 e. The lowest BCUT2D eigenvalue weighted by Crippen LogP contribution is -2.59. The first-order chi connectivity index (χ1) is 7.97. The molecule has 0 aromatic heterocycles. The molecule has 0 radical (unpaired) electrons. The number of hydrogen-bond acceptors (Lipinski definition) is 4. The van der Waals surface area contributed by atoms with E-state index in [0.29, 0.717) is 19.4 Å². The van der Waals surface area contributed by atoms with Crippen molar-refractivity contribution in [3.05, 3.63) is 0 Å². The van der Waals surface area contributed by atoms with Crippen molar-refractivity contribution < 1.29 is 14.4 Å². The number of nitrogens with zero attached hydrogens (tertiary/aromatic N) is 2. The Morgan fingerprint density at radius 3 is 2.47 bits per heavy atom. The molecule has 0 aromatic rings. The van der Waals surface area contributed by atoms with Crippen LogP contribution in [-0.4, -0.2) is 54.8 Å². The highest BCUT2D eigenvalue weighted by Gasteiger charge is 2.61. The first-order valence-electron chi connectivity index (χ1n) is 5.79. The van der Waals surface area contributed by atoms with Gasteiger partial charge in [-0.05, 0) is 39.9 Å². The van der Waals surface area contributed by atoms with Crippen molar-refractivity contribution in [1.29, 1.82) is 0 Å². The Bertz CT molecular complexity index is 374. The van der Waals surface area contributed by atoms with Gasteiger partial charge in [-0.2, -0.15) is 0 Å². The molecule has 2 aliphatic rings. The maximum atomic E-state index is 12.0. The lowest BCUT2D eigenvalue weighted by Gasteiger charge is -2.30. The van der Waals surface area contributed by atoms with Gasteiger partial charge < -0.3 is 4.90 Å². The van der Waals surface area contributed by atoms with Gasteiger partial charge in [-0.15, -0.1) is 0 Å². The Kier molecular flexibility index (Phi) is 2.91. The van der Waals surface area contributed by atoms with Crippen molar-refractivity contribution in [2.45, 2.75) is 19.3 Å². The van der Waals surface area contributed by atoms with Crippen LogP contribution in [0.3, 0.4) is 0 Å². The van der Waals surface area contributed by atoms with Gasteiger partial charge in [0.05, 0.1) is 0 Å². The summed E-state index contributed by atoms with van der Waals surface area (Å²) in [5, 5.41) is 2.26. The third-order valence-corrected chi connectivity index (χ3v) is 3.29. The number of barbiturate groups is 1. The van der Waals surface area contributed by atoms with E-state index < -0.39 is 17.4 Å². The highest BCUT2D eigenvalue weighted by Crippen LogP contribution is 2.48. The number of urea groups is 1. The maximum Gasteiger partial charge on any atom is 0.330 e. The molecule has 4 amide bonds. The lowest BCUT2D eigenvalue weighted by molar-refractivity contribution is -0.144. The predicted octanol–water partition coefficient (Wildman–Crippen LogP) is -0.203. The number of carbonyl (C=O) groups is 3. The summed E-state index contributed by atoms with van der Waals surface area (Å²) in [7, 11) is 3.87. The molecule has 1 heterocycles. The zero-order valence-corrected chi connectivity index (χ0v) is 10.2. The Morgan fingerprint density at radius 1 is 1.29 bits per heavy atom. The Morgan fingerprint density at radius 2 is 1.94 bits per heavy atom. The fourth-order valence-electron chi connectivity index (χ4n) is 2.05. The molecule has 0 aromatic carbocycles. The summed E-state index contributed by atoms with van der Waals surface area (Å²) in [5.74, 6) is -0.735. The van der Waals surface area contributed by atoms with Crippen LogP contribution in [-0.2, 0) is 9.59 Å². The van der Waals surface area contributed by atoms with Gasteiger partial charge in [-0.25, -0.2) is 4.79 Å². The van der Waals surface area contributed by atoms with Gasteiger partial charge in [-0.3, -0.25) is 19.8 Å². The molecule has 1 aliphatic heterocycles. The van der Waals surface area contributed by atoms with Crippen LogP contribution in [0.25, 0.3) is 0 Å². The molecule has 6 nitrogen and oxygen atoms in total. The number of amides is 4. The largest absolute Gasteiger partial charge is 0.330 e. The second-order valence-corrected chi connectivity index (χ2v) is 4.96. The molecule has 1 saturated carbocycles. The van der Waals surface area contributed by atoms with Crippen LogP contribution in [0.5, 0.6) is 0 Å². The van der Waals surface area contributed by atoms with Crippen molar-refractivity contribution in [2.75, 3.05) is 27.2 Å². The second kappa shape index (κ2) is 4.10. The molecule has 1 saturated heterocycles. The third-order valence-electron chi connectivity index (χ3n) is 3.29. The van der Waals surface area contributed by atoms with Gasteiger partial charge in [0.1, 0.15) is 5.41 Å². The van der Waals surface area contributed by atoms with Crippen LogP contribution >= 0.6 is 0 Å². The number of nitrogens with one attached hydrogen (secondary N) is 1. The van der Waals surface area contributed by atoms with E-state index in [1.165, 1.54) is 4.90 Å². The molecular weight excluding hydrogens is 222 g/mol. The second-order valence-electron chi connectivity index (χ2n) is 4.96. The molecule has 94 valence electrons. The van der Waals surface area contributed by atoms with Gasteiger partial charge in [0.15, 0.2) is 0 Å². The topological polar surface area (TPSA) is 69.7 Å². The van der Waals surface area contributed by atoms with E-state index in [1.807, 2.05) is 19.0 Å². The van der Waals surface area contributed by atoms with E-state index in [9.17, 15) is 14.4 Å². The lowest BCUT2D eigenvalue weighted by atomic mass is 10.0. The van der Waals surface area contributed by atoms with E-state index in [1.54, 1.807) is 0 Å². The summed E-state index contributed by atoms with van der Waals surface area (Å²) in [5.41, 5.74) is -0.911. The van der Waals surface area contributed by atoms with E-state index in [2.05, 4.69) is 5.32 Å². The van der Waals surface area contributed by atoms with E-state index >= 15 is 0 Å². The third kappa shape index (κ3) is 2.04. The monoisotopic (exact) mass is 239 g/mol. The van der Waals surface area contributed by atoms with Crippen molar-refractivity contribution in [1.82, 2.24) is 15.1 Å². The van der Waals surface area contributed by atoms with Crippen molar-refractivity contribution in [3.8, 4) is 0 Å². The molecule has 1 spiro atoms. The standard InChI is InChI=1S/C11H17N3O3/c1-13(2)6-3-7-14-9(16)11(4-5-11)8(15)12-10(14)17/h3-7H2,1-2H3,(H,12,15,17). The summed E-state index contributed by atoms with van der Waals surface area (Å²) in [6.07, 6.45) is 1.85. The number of carbonyl (C=O) groups excluding carboxylic acids is 3. The van der Waals surface area contributed by atoms with Gasteiger partial charge in [0.25, 0.3) is 0 Å². The fourth-order valence-corrected chi connectivity index (χ4v) is 2.05. The van der Waals surface area contributed by atoms with Crippen LogP contribution in [0.2, 0.25) is 0 Å². The molecule has 6 heteroatoms. The Hall–Kier alpha value is -1.43. The predicted molar refractivity (Wildman–Crippen MR) is 60.1 cm³/mol. The quantitative estimate of drug-likeness (QED) is 0.690. The molecule has 0 bridgehead atoms. The van der Waals surface area contributed by atoms with E-state index in [0.717, 1.165) is 13.0 Å². The SMILES string of the molecule is CN(C)CCCN1C(=O)NC(=O)C2(CC2)C1=O. The molecule has 2 fully saturated rings. The minimum absolute atomic E-state index is 0.315. The zero-order valence-electron chi connectivity index (χ0n) is 10.2. The van der Waals surface area contributed by atoms with Gasteiger partial charge in [-0.1, -0.05) is 0 Å². The number of hydrogen-bond donors (Lipinski definition) is 1. The zero-order chi connectivity index (χ0) is 12.6. The van der Waals surface area contributed by atoms with Gasteiger partial charge in [0.2, 0.25) is 11.8 Å². The van der Waals surface area contributed by atoms with Crippen molar-refractivity contribution in [2.24, 2.45) is 5.41 Å². The summed E-state index contributed by atoms with van der Waals surface area (Å²) in [4.78, 5) is 38.3. The highest BCUT2D eigenvalue weighted by atomic mass is 16.2.